The van der Waals surface area contributed by atoms with E-state index in [1.54, 1.807) is 32.9 Å². The van der Waals surface area contributed by atoms with Crippen LogP contribution in [-0.2, 0) is 9.47 Å². The first-order chi connectivity index (χ1) is 10.7. The Kier molecular flexibility index (Phi) is 6.68. The van der Waals surface area contributed by atoms with Gasteiger partial charge in [0.25, 0.3) is 0 Å². The number of rotatable bonds is 6. The fourth-order valence-corrected chi connectivity index (χ4v) is 1.70. The number of carbonyl (C=O) groups excluding carboxylic acids is 2. The van der Waals surface area contributed by atoms with E-state index < -0.39 is 17.7 Å². The third-order valence-corrected chi connectivity index (χ3v) is 2.66. The number of amides is 1. The highest BCUT2D eigenvalue weighted by Gasteiger charge is 2.16. The summed E-state index contributed by atoms with van der Waals surface area (Å²) in [6.45, 7) is 6.11. The van der Waals surface area contributed by atoms with Gasteiger partial charge in [0.1, 0.15) is 16.9 Å². The molecular formula is C16H24N2O5. The molecule has 7 nitrogen and oxygen atoms in total. The Labute approximate surface area is 136 Å². The molecule has 0 aliphatic rings. The minimum atomic E-state index is -0.528. The fourth-order valence-electron chi connectivity index (χ4n) is 1.70. The van der Waals surface area contributed by atoms with Gasteiger partial charge in [-0.15, -0.1) is 0 Å². The molecular weight excluding hydrogens is 300 g/mol. The molecule has 1 aromatic rings. The molecule has 0 aliphatic carbocycles. The number of anilines is 1. The van der Waals surface area contributed by atoms with Crippen LogP contribution in [0.1, 0.15) is 37.6 Å². The third-order valence-electron chi connectivity index (χ3n) is 2.66. The smallest absolute Gasteiger partial charge is 0.407 e. The van der Waals surface area contributed by atoms with Crippen LogP contribution in [0.5, 0.6) is 5.75 Å². The molecule has 0 radical (unpaired) electrons. The molecule has 0 fully saturated rings. The normalized spacial score (nSPS) is 10.8. The van der Waals surface area contributed by atoms with E-state index in [9.17, 15) is 9.59 Å². The van der Waals surface area contributed by atoms with Gasteiger partial charge in [-0.1, -0.05) is 0 Å². The maximum atomic E-state index is 11.7. The summed E-state index contributed by atoms with van der Waals surface area (Å²) in [5, 5.41) is 2.63. The molecule has 0 saturated carbocycles. The molecule has 0 bridgehead atoms. The van der Waals surface area contributed by atoms with Gasteiger partial charge in [-0.3, -0.25) is 0 Å². The van der Waals surface area contributed by atoms with Gasteiger partial charge >= 0.3 is 12.1 Å². The zero-order valence-corrected chi connectivity index (χ0v) is 14.0. The zero-order chi connectivity index (χ0) is 17.5. The molecule has 3 N–H and O–H groups in total. The van der Waals surface area contributed by atoms with E-state index in [2.05, 4.69) is 10.1 Å². The number of esters is 1. The molecule has 0 aliphatic heterocycles. The third kappa shape index (κ3) is 6.90. The van der Waals surface area contributed by atoms with Crippen molar-refractivity contribution in [2.24, 2.45) is 0 Å². The number of carbonyl (C=O) groups is 2. The first-order valence-electron chi connectivity index (χ1n) is 7.30. The Hall–Kier alpha value is -2.44. The lowest BCUT2D eigenvalue weighted by atomic mass is 10.2. The minimum absolute atomic E-state index is 0.271. The summed E-state index contributed by atoms with van der Waals surface area (Å²) in [7, 11) is 1.29. The topological polar surface area (TPSA) is 99.9 Å². The Morgan fingerprint density at radius 3 is 2.57 bits per heavy atom. The molecule has 0 aromatic heterocycles. The van der Waals surface area contributed by atoms with E-state index >= 15 is 0 Å². The van der Waals surface area contributed by atoms with Crippen LogP contribution in [0.4, 0.5) is 10.5 Å². The molecule has 7 heteroatoms. The van der Waals surface area contributed by atoms with E-state index in [1.165, 1.54) is 13.2 Å². The van der Waals surface area contributed by atoms with Gasteiger partial charge in [-0.2, -0.15) is 0 Å². The number of hydrogen-bond donors (Lipinski definition) is 2. The first-order valence-corrected chi connectivity index (χ1v) is 7.30. The van der Waals surface area contributed by atoms with Crippen molar-refractivity contribution in [2.75, 3.05) is 26.0 Å². The van der Waals surface area contributed by atoms with Gasteiger partial charge < -0.3 is 25.3 Å². The van der Waals surface area contributed by atoms with Crippen LogP contribution in [0.3, 0.4) is 0 Å². The van der Waals surface area contributed by atoms with Gasteiger partial charge in [0, 0.05) is 12.2 Å². The molecule has 0 heterocycles. The van der Waals surface area contributed by atoms with Crippen molar-refractivity contribution in [2.45, 2.75) is 32.8 Å². The highest BCUT2D eigenvalue weighted by Crippen LogP contribution is 2.22. The molecule has 0 saturated heterocycles. The lowest BCUT2D eigenvalue weighted by molar-refractivity contribution is 0.0525. The summed E-state index contributed by atoms with van der Waals surface area (Å²) in [5.41, 5.74) is 5.85. The van der Waals surface area contributed by atoms with Crippen LogP contribution in [0, 0.1) is 0 Å². The van der Waals surface area contributed by atoms with Crippen molar-refractivity contribution in [3.8, 4) is 5.75 Å². The number of methoxy groups -OCH3 is 1. The Morgan fingerprint density at radius 2 is 1.96 bits per heavy atom. The number of alkyl carbamates (subject to hydrolysis) is 1. The van der Waals surface area contributed by atoms with Gasteiger partial charge in [0.2, 0.25) is 0 Å². The van der Waals surface area contributed by atoms with Crippen LogP contribution in [0.15, 0.2) is 18.2 Å². The Balaban J connectivity index is 2.42. The molecule has 0 unspecified atom stereocenters. The molecule has 1 rings (SSSR count). The van der Waals surface area contributed by atoms with Crippen LogP contribution in [0.2, 0.25) is 0 Å². The SMILES string of the molecule is COC(=O)c1cc(N)ccc1OCCCNC(=O)OC(C)(C)C. The zero-order valence-electron chi connectivity index (χ0n) is 14.0. The monoisotopic (exact) mass is 324 g/mol. The van der Waals surface area contributed by atoms with E-state index in [0.29, 0.717) is 31.0 Å². The summed E-state index contributed by atoms with van der Waals surface area (Å²) in [6.07, 6.45) is 0.0877. The van der Waals surface area contributed by atoms with E-state index in [0.717, 1.165) is 0 Å². The lowest BCUT2D eigenvalue weighted by Crippen LogP contribution is -2.33. The van der Waals surface area contributed by atoms with Gasteiger partial charge in [-0.05, 0) is 45.4 Å². The Morgan fingerprint density at radius 1 is 1.26 bits per heavy atom. The maximum absolute atomic E-state index is 11.7. The average Bonchev–Trinajstić information content (AvgIpc) is 2.45. The van der Waals surface area contributed by atoms with Crippen molar-refractivity contribution in [1.29, 1.82) is 0 Å². The highest BCUT2D eigenvalue weighted by molar-refractivity contribution is 5.93. The van der Waals surface area contributed by atoms with Crippen molar-refractivity contribution < 1.29 is 23.8 Å². The Bertz CT molecular complexity index is 552. The largest absolute Gasteiger partial charge is 0.493 e. The average molecular weight is 324 g/mol. The lowest BCUT2D eigenvalue weighted by Gasteiger charge is -2.19. The summed E-state index contributed by atoms with van der Waals surface area (Å²) in [5.74, 6) is -0.123. The molecule has 0 atom stereocenters. The van der Waals surface area contributed by atoms with Crippen LogP contribution in [-0.4, -0.2) is 37.9 Å². The number of hydrogen-bond acceptors (Lipinski definition) is 6. The van der Waals surface area contributed by atoms with Crippen LogP contribution < -0.4 is 15.8 Å². The standard InChI is InChI=1S/C16H24N2O5/c1-16(2,3)23-15(20)18-8-5-9-22-13-7-6-11(17)10-12(13)14(19)21-4/h6-7,10H,5,8-9,17H2,1-4H3,(H,18,20). The number of nitrogens with two attached hydrogens (primary N) is 1. The predicted octanol–water partition coefficient (Wildman–Crippen LogP) is 2.35. The van der Waals surface area contributed by atoms with Crippen molar-refractivity contribution in [1.82, 2.24) is 5.32 Å². The second-order valence-corrected chi connectivity index (χ2v) is 5.88. The first kappa shape index (κ1) is 18.6. The molecule has 23 heavy (non-hydrogen) atoms. The van der Waals surface area contributed by atoms with Crippen LogP contribution >= 0.6 is 0 Å². The van der Waals surface area contributed by atoms with Gasteiger partial charge in [-0.25, -0.2) is 9.59 Å². The second-order valence-electron chi connectivity index (χ2n) is 5.88. The van der Waals surface area contributed by atoms with E-state index in [-0.39, 0.29) is 5.56 Å². The maximum Gasteiger partial charge on any atom is 0.407 e. The molecule has 1 amide bonds. The van der Waals surface area contributed by atoms with E-state index in [1.807, 2.05) is 0 Å². The second kappa shape index (κ2) is 8.26. The summed E-state index contributed by atoms with van der Waals surface area (Å²) in [4.78, 5) is 23.1. The summed E-state index contributed by atoms with van der Waals surface area (Å²) in [6, 6.07) is 4.75. The number of nitrogens with one attached hydrogen (secondary N) is 1. The minimum Gasteiger partial charge on any atom is -0.493 e. The molecule has 128 valence electrons. The summed E-state index contributed by atoms with van der Waals surface area (Å²) < 4.78 is 15.4. The van der Waals surface area contributed by atoms with E-state index in [4.69, 9.17) is 15.2 Å². The van der Waals surface area contributed by atoms with Crippen molar-refractivity contribution in [3.63, 3.8) is 0 Å². The molecule has 1 aromatic carbocycles. The number of ether oxygens (including phenoxy) is 3. The van der Waals surface area contributed by atoms with Gasteiger partial charge in [0.15, 0.2) is 0 Å². The van der Waals surface area contributed by atoms with Crippen molar-refractivity contribution in [3.05, 3.63) is 23.8 Å². The highest BCUT2D eigenvalue weighted by atomic mass is 16.6. The van der Waals surface area contributed by atoms with Crippen molar-refractivity contribution >= 4 is 17.7 Å². The predicted molar refractivity (Wildman–Crippen MR) is 86.5 cm³/mol. The summed E-state index contributed by atoms with van der Waals surface area (Å²) >= 11 is 0. The number of nitrogen functional groups attached to an aromatic ring is 1. The quantitative estimate of drug-likeness (QED) is 0.473. The number of benzene rings is 1. The van der Waals surface area contributed by atoms with Gasteiger partial charge in [0.05, 0.1) is 13.7 Å². The fraction of sp³-hybridized carbons (Fsp3) is 0.500. The van der Waals surface area contributed by atoms with Crippen LogP contribution in [0.25, 0.3) is 0 Å². The molecule has 0 spiro atoms.